The lowest BCUT2D eigenvalue weighted by atomic mass is 9.81. The van der Waals surface area contributed by atoms with Crippen LogP contribution in [-0.2, 0) is 6.18 Å². The van der Waals surface area contributed by atoms with Crippen molar-refractivity contribution >= 4 is 27.8 Å². The molecule has 0 aliphatic heterocycles. The first kappa shape index (κ1) is 20.2. The number of nitrogens with zero attached hydrogens (tertiary/aromatic N) is 2. The molecule has 1 N–H and O–H groups in total. The summed E-state index contributed by atoms with van der Waals surface area (Å²) < 4.78 is 39.0. The highest BCUT2D eigenvalue weighted by molar-refractivity contribution is 9.10. The molecular weight excluding hydrogens is 413 g/mol. The molecule has 4 nitrogen and oxygen atoms in total. The fourth-order valence-electron chi connectivity index (χ4n) is 2.77. The van der Waals surface area contributed by atoms with Crippen molar-refractivity contribution in [2.75, 3.05) is 4.90 Å². The van der Waals surface area contributed by atoms with Crippen molar-refractivity contribution < 1.29 is 23.1 Å². The Hall–Kier alpha value is -2.09. The van der Waals surface area contributed by atoms with Gasteiger partial charge in [0.15, 0.2) is 5.82 Å². The highest BCUT2D eigenvalue weighted by Gasteiger charge is 2.38. The number of hydrogen-bond donors (Lipinski definition) is 1. The predicted octanol–water partition coefficient (Wildman–Crippen LogP) is 6.13. The van der Waals surface area contributed by atoms with Crippen molar-refractivity contribution in [1.29, 1.82) is 0 Å². The van der Waals surface area contributed by atoms with Gasteiger partial charge in [0.2, 0.25) is 0 Å². The van der Waals surface area contributed by atoms with Gasteiger partial charge in [0.1, 0.15) is 0 Å². The molecule has 1 aromatic carbocycles. The molecule has 26 heavy (non-hydrogen) atoms. The van der Waals surface area contributed by atoms with E-state index in [1.54, 1.807) is 12.1 Å². The summed E-state index contributed by atoms with van der Waals surface area (Å²) >= 11 is 3.29. The van der Waals surface area contributed by atoms with Crippen LogP contribution in [0.15, 0.2) is 47.1 Å². The molecule has 0 saturated heterocycles. The number of halogens is 4. The maximum atomic E-state index is 12.8. The van der Waals surface area contributed by atoms with Gasteiger partial charge in [-0.15, -0.1) is 0 Å². The third-order valence-corrected chi connectivity index (χ3v) is 4.42. The molecule has 0 aliphatic carbocycles. The van der Waals surface area contributed by atoms with Gasteiger partial charge in [0, 0.05) is 6.20 Å². The summed E-state index contributed by atoms with van der Waals surface area (Å²) in [5.74, 6) is 0.180. The summed E-state index contributed by atoms with van der Waals surface area (Å²) in [7, 11) is 0. The molecule has 8 heteroatoms. The fourth-order valence-corrected chi connectivity index (χ4v) is 3.21. The highest BCUT2D eigenvalue weighted by Crippen LogP contribution is 2.42. The number of carbonyl (C=O) groups is 1. The number of aromatic nitrogens is 1. The minimum atomic E-state index is -4.45. The van der Waals surface area contributed by atoms with Crippen LogP contribution in [0.25, 0.3) is 0 Å². The molecule has 0 bridgehead atoms. The first-order valence-electron chi connectivity index (χ1n) is 7.72. The molecule has 0 radical (unpaired) electrons. The molecule has 0 spiro atoms. The molecule has 1 heterocycles. The zero-order valence-corrected chi connectivity index (χ0v) is 16.0. The van der Waals surface area contributed by atoms with E-state index in [1.165, 1.54) is 18.3 Å². The van der Waals surface area contributed by atoms with Gasteiger partial charge in [-0.1, -0.05) is 32.9 Å². The average Bonchev–Trinajstić information content (AvgIpc) is 2.51. The van der Waals surface area contributed by atoms with Crippen LogP contribution in [-0.4, -0.2) is 16.2 Å². The second-order valence-electron chi connectivity index (χ2n) is 6.85. The summed E-state index contributed by atoms with van der Waals surface area (Å²) in [6, 6.07) is 7.11. The summed E-state index contributed by atoms with van der Waals surface area (Å²) in [5.41, 5.74) is -0.935. The van der Waals surface area contributed by atoms with E-state index in [0.717, 1.165) is 17.0 Å². The summed E-state index contributed by atoms with van der Waals surface area (Å²) in [6.07, 6.45) is -4.24. The SMILES string of the molecule is CC(C)(C)[C@@H](c1ccc(C(F)(F)F)cc1)N(C(=O)O)c1ncccc1Br. The van der Waals surface area contributed by atoms with Crippen molar-refractivity contribution in [2.24, 2.45) is 5.41 Å². The molecular formula is C18H18BrF3N2O2. The maximum absolute atomic E-state index is 12.8. The predicted molar refractivity (Wildman–Crippen MR) is 96.1 cm³/mol. The number of carboxylic acid groups (broad SMARTS) is 1. The third kappa shape index (κ3) is 4.35. The standard InChI is InChI=1S/C18H18BrF3N2O2/c1-17(2,3)14(11-6-8-12(9-7-11)18(20,21)22)24(16(25)26)15-13(19)5-4-10-23-15/h4-10,14H,1-3H3,(H,25,26)/t14-/m1/s1. The lowest BCUT2D eigenvalue weighted by Gasteiger charge is -2.38. The van der Waals surface area contributed by atoms with E-state index in [-0.39, 0.29) is 5.82 Å². The van der Waals surface area contributed by atoms with Gasteiger partial charge in [-0.05, 0) is 51.2 Å². The van der Waals surface area contributed by atoms with Crippen LogP contribution in [0, 0.1) is 5.41 Å². The van der Waals surface area contributed by atoms with E-state index in [0.29, 0.717) is 10.0 Å². The second-order valence-corrected chi connectivity index (χ2v) is 7.70. The molecule has 1 aromatic heterocycles. The minimum absolute atomic E-state index is 0.180. The summed E-state index contributed by atoms with van der Waals surface area (Å²) in [6.45, 7) is 5.46. The van der Waals surface area contributed by atoms with Gasteiger partial charge >= 0.3 is 12.3 Å². The van der Waals surface area contributed by atoms with Crippen molar-refractivity contribution in [3.8, 4) is 0 Å². The van der Waals surface area contributed by atoms with E-state index < -0.39 is 29.3 Å². The molecule has 2 aromatic rings. The number of alkyl halides is 3. The van der Waals surface area contributed by atoms with Crippen molar-refractivity contribution in [2.45, 2.75) is 33.0 Å². The number of anilines is 1. The van der Waals surface area contributed by atoms with Crippen LogP contribution >= 0.6 is 15.9 Å². The number of benzene rings is 1. The number of pyridine rings is 1. The van der Waals surface area contributed by atoms with Gasteiger partial charge < -0.3 is 5.11 Å². The molecule has 0 saturated carbocycles. The van der Waals surface area contributed by atoms with Crippen LogP contribution in [0.1, 0.15) is 37.9 Å². The van der Waals surface area contributed by atoms with E-state index in [2.05, 4.69) is 20.9 Å². The lowest BCUT2D eigenvalue weighted by Crippen LogP contribution is -2.41. The van der Waals surface area contributed by atoms with Crippen LogP contribution < -0.4 is 4.90 Å². The first-order valence-corrected chi connectivity index (χ1v) is 8.52. The zero-order valence-electron chi connectivity index (χ0n) is 14.4. The van der Waals surface area contributed by atoms with Crippen LogP contribution in [0.4, 0.5) is 23.8 Å². The van der Waals surface area contributed by atoms with Gasteiger partial charge in [0.25, 0.3) is 0 Å². The van der Waals surface area contributed by atoms with E-state index in [4.69, 9.17) is 0 Å². The quantitative estimate of drug-likeness (QED) is 0.636. The molecule has 1 amide bonds. The molecule has 0 fully saturated rings. The Morgan fingerprint density at radius 3 is 2.15 bits per heavy atom. The van der Waals surface area contributed by atoms with E-state index >= 15 is 0 Å². The summed E-state index contributed by atoms with van der Waals surface area (Å²) in [5, 5.41) is 9.82. The summed E-state index contributed by atoms with van der Waals surface area (Å²) in [4.78, 5) is 17.2. The van der Waals surface area contributed by atoms with Gasteiger partial charge in [-0.2, -0.15) is 13.2 Å². The van der Waals surface area contributed by atoms with Gasteiger partial charge in [-0.25, -0.2) is 9.78 Å². The Bertz CT molecular complexity index is 786. The molecule has 140 valence electrons. The largest absolute Gasteiger partial charge is 0.465 e. The van der Waals surface area contributed by atoms with Crippen molar-refractivity contribution in [3.05, 3.63) is 58.2 Å². The smallest absolute Gasteiger partial charge is 0.416 e. The maximum Gasteiger partial charge on any atom is 0.416 e. The Labute approximate surface area is 157 Å². The van der Waals surface area contributed by atoms with Crippen LogP contribution in [0.5, 0.6) is 0 Å². The lowest BCUT2D eigenvalue weighted by molar-refractivity contribution is -0.137. The molecule has 0 unspecified atom stereocenters. The number of amides is 1. The Balaban J connectivity index is 2.59. The molecule has 2 rings (SSSR count). The Kier molecular flexibility index (Phi) is 5.65. The second kappa shape index (κ2) is 7.26. The minimum Gasteiger partial charge on any atom is -0.465 e. The Morgan fingerprint density at radius 1 is 1.15 bits per heavy atom. The average molecular weight is 431 g/mol. The number of rotatable bonds is 3. The zero-order chi connectivity index (χ0) is 19.7. The number of hydrogen-bond acceptors (Lipinski definition) is 2. The van der Waals surface area contributed by atoms with Crippen molar-refractivity contribution in [1.82, 2.24) is 4.98 Å². The van der Waals surface area contributed by atoms with Gasteiger partial charge in [-0.3, -0.25) is 4.90 Å². The molecule has 1 atom stereocenters. The highest BCUT2D eigenvalue weighted by atomic mass is 79.9. The van der Waals surface area contributed by atoms with Gasteiger partial charge in [0.05, 0.1) is 16.1 Å². The third-order valence-electron chi connectivity index (χ3n) is 3.81. The van der Waals surface area contributed by atoms with Crippen molar-refractivity contribution in [3.63, 3.8) is 0 Å². The first-order chi connectivity index (χ1) is 11.9. The van der Waals surface area contributed by atoms with Crippen LogP contribution in [0.2, 0.25) is 0 Å². The fraction of sp³-hybridized carbons (Fsp3) is 0.333. The Morgan fingerprint density at radius 2 is 1.73 bits per heavy atom. The topological polar surface area (TPSA) is 53.4 Å². The van der Waals surface area contributed by atoms with E-state index in [9.17, 15) is 23.1 Å². The molecule has 0 aliphatic rings. The van der Waals surface area contributed by atoms with E-state index in [1.807, 2.05) is 20.8 Å². The van der Waals surface area contributed by atoms with Crippen LogP contribution in [0.3, 0.4) is 0 Å². The monoisotopic (exact) mass is 430 g/mol. The normalized spacial score (nSPS) is 13.3.